The predicted octanol–water partition coefficient (Wildman–Crippen LogP) is 0.874. The first-order valence-electron chi connectivity index (χ1n) is 5.80. The highest BCUT2D eigenvalue weighted by Crippen LogP contribution is 2.34. The Morgan fingerprint density at radius 2 is 2.06 bits per heavy atom. The van der Waals surface area contributed by atoms with Crippen molar-refractivity contribution < 1.29 is 8.42 Å². The van der Waals surface area contributed by atoms with Crippen LogP contribution in [0.15, 0.2) is 29.2 Å². The molecule has 0 amide bonds. The second kappa shape index (κ2) is 4.76. The summed E-state index contributed by atoms with van der Waals surface area (Å²) in [6.45, 7) is 0. The number of nitrogens with one attached hydrogen (secondary N) is 1. The number of primary sulfonamides is 1. The van der Waals surface area contributed by atoms with Crippen molar-refractivity contribution in [3.05, 3.63) is 29.8 Å². The first-order valence-corrected chi connectivity index (χ1v) is 7.35. The Morgan fingerprint density at radius 3 is 2.59 bits per heavy atom. The van der Waals surface area contributed by atoms with Crippen molar-refractivity contribution in [3.8, 4) is 0 Å². The molecule has 0 aromatic heterocycles. The summed E-state index contributed by atoms with van der Waals surface area (Å²) in [6, 6.07) is 7.31. The van der Waals surface area contributed by atoms with Crippen molar-refractivity contribution in [2.75, 3.05) is 7.05 Å². The maximum atomic E-state index is 11.5. The molecule has 0 radical (unpaired) electrons. The highest BCUT2D eigenvalue weighted by atomic mass is 32.2. The zero-order valence-electron chi connectivity index (χ0n) is 9.89. The van der Waals surface area contributed by atoms with Crippen molar-refractivity contribution in [2.24, 2.45) is 11.1 Å². The van der Waals surface area contributed by atoms with E-state index < -0.39 is 10.0 Å². The number of likely N-dealkylation sites (N-methyl/N-ethyl adjacent to an activating group) is 1. The van der Waals surface area contributed by atoms with Crippen LogP contribution in [0.2, 0.25) is 0 Å². The molecule has 0 heterocycles. The van der Waals surface area contributed by atoms with Crippen LogP contribution in [0.1, 0.15) is 18.4 Å². The molecule has 1 unspecified atom stereocenters. The molecule has 1 aromatic rings. The third-order valence-electron chi connectivity index (χ3n) is 3.28. The average Bonchev–Trinajstić information content (AvgIpc) is 3.09. The standard InChI is InChI=1S/C12H18N2O2S/c1-14-11(9-6-7-9)8-10-4-2-3-5-12(10)17(13,15)16/h2-5,9,11,14H,6-8H2,1H3,(H2,13,15,16). The number of hydrogen-bond acceptors (Lipinski definition) is 3. The molecule has 0 aliphatic heterocycles. The van der Waals surface area contributed by atoms with Crippen LogP contribution < -0.4 is 10.5 Å². The van der Waals surface area contributed by atoms with Crippen molar-refractivity contribution in [1.29, 1.82) is 0 Å². The van der Waals surface area contributed by atoms with E-state index in [0.717, 1.165) is 5.56 Å². The summed E-state index contributed by atoms with van der Waals surface area (Å²) in [4.78, 5) is 0.251. The monoisotopic (exact) mass is 254 g/mol. The molecule has 17 heavy (non-hydrogen) atoms. The summed E-state index contributed by atoms with van der Waals surface area (Å²) >= 11 is 0. The van der Waals surface area contributed by atoms with Crippen molar-refractivity contribution in [1.82, 2.24) is 5.32 Å². The number of hydrogen-bond donors (Lipinski definition) is 2. The highest BCUT2D eigenvalue weighted by Gasteiger charge is 2.31. The van der Waals surface area contributed by atoms with Gasteiger partial charge in [-0.2, -0.15) is 0 Å². The van der Waals surface area contributed by atoms with Gasteiger partial charge < -0.3 is 5.32 Å². The lowest BCUT2D eigenvalue weighted by Crippen LogP contribution is -2.30. The van der Waals surface area contributed by atoms with Gasteiger partial charge in [0.15, 0.2) is 0 Å². The minimum Gasteiger partial charge on any atom is -0.316 e. The molecule has 1 saturated carbocycles. The van der Waals surface area contributed by atoms with E-state index in [9.17, 15) is 8.42 Å². The molecule has 5 heteroatoms. The van der Waals surface area contributed by atoms with Gasteiger partial charge in [0.2, 0.25) is 10.0 Å². The lowest BCUT2D eigenvalue weighted by atomic mass is 10.0. The third-order valence-corrected chi connectivity index (χ3v) is 4.29. The molecular formula is C12H18N2O2S. The zero-order valence-corrected chi connectivity index (χ0v) is 10.7. The van der Waals surface area contributed by atoms with E-state index in [1.54, 1.807) is 12.1 Å². The first-order chi connectivity index (χ1) is 8.02. The van der Waals surface area contributed by atoms with Gasteiger partial charge in [0.05, 0.1) is 4.90 Å². The maximum Gasteiger partial charge on any atom is 0.238 e. The minimum absolute atomic E-state index is 0.251. The Kier molecular flexibility index (Phi) is 3.51. The molecule has 4 nitrogen and oxygen atoms in total. The van der Waals surface area contributed by atoms with Crippen LogP contribution in [-0.4, -0.2) is 21.5 Å². The average molecular weight is 254 g/mol. The second-order valence-electron chi connectivity index (χ2n) is 4.59. The van der Waals surface area contributed by atoms with E-state index in [-0.39, 0.29) is 4.90 Å². The summed E-state index contributed by atoms with van der Waals surface area (Å²) in [5.41, 5.74) is 0.807. The van der Waals surface area contributed by atoms with Crippen LogP contribution in [0.3, 0.4) is 0 Å². The first kappa shape index (κ1) is 12.5. The maximum absolute atomic E-state index is 11.5. The fourth-order valence-corrected chi connectivity index (χ4v) is 2.98. The summed E-state index contributed by atoms with van der Waals surface area (Å²) in [6.07, 6.45) is 3.17. The van der Waals surface area contributed by atoms with Crippen LogP contribution in [0.4, 0.5) is 0 Å². The van der Waals surface area contributed by atoms with Crippen LogP contribution in [0.5, 0.6) is 0 Å². The van der Waals surface area contributed by atoms with Crippen LogP contribution >= 0.6 is 0 Å². The summed E-state index contributed by atoms with van der Waals surface area (Å²) in [5.74, 6) is 0.675. The molecule has 1 aliphatic rings. The van der Waals surface area contributed by atoms with Crippen LogP contribution in [0, 0.1) is 5.92 Å². The van der Waals surface area contributed by atoms with E-state index in [1.807, 2.05) is 19.2 Å². The van der Waals surface area contributed by atoms with E-state index in [2.05, 4.69) is 5.32 Å². The van der Waals surface area contributed by atoms with Crippen molar-refractivity contribution in [3.63, 3.8) is 0 Å². The number of benzene rings is 1. The summed E-state index contributed by atoms with van der Waals surface area (Å²) < 4.78 is 22.9. The molecule has 1 aromatic carbocycles. The van der Waals surface area contributed by atoms with E-state index in [4.69, 9.17) is 5.14 Å². The quantitative estimate of drug-likeness (QED) is 0.819. The molecule has 1 fully saturated rings. The third kappa shape index (κ3) is 3.06. The van der Waals surface area contributed by atoms with E-state index in [0.29, 0.717) is 18.4 Å². The second-order valence-corrected chi connectivity index (χ2v) is 6.12. The molecule has 2 rings (SSSR count). The largest absolute Gasteiger partial charge is 0.316 e. The predicted molar refractivity (Wildman–Crippen MR) is 67.1 cm³/mol. The summed E-state index contributed by atoms with van der Waals surface area (Å²) in [7, 11) is -1.70. The van der Waals surface area contributed by atoms with Gasteiger partial charge in [0.1, 0.15) is 0 Å². The normalized spacial score (nSPS) is 18.0. The zero-order chi connectivity index (χ0) is 12.5. The molecule has 3 N–H and O–H groups in total. The van der Waals surface area contributed by atoms with Crippen molar-refractivity contribution >= 4 is 10.0 Å². The highest BCUT2D eigenvalue weighted by molar-refractivity contribution is 7.89. The van der Waals surface area contributed by atoms with Gasteiger partial charge in [-0.25, -0.2) is 13.6 Å². The van der Waals surface area contributed by atoms with E-state index >= 15 is 0 Å². The Bertz CT molecular complexity index is 495. The topological polar surface area (TPSA) is 72.2 Å². The van der Waals surface area contributed by atoms with Gasteiger partial charge in [0.25, 0.3) is 0 Å². The van der Waals surface area contributed by atoms with Crippen LogP contribution in [0.25, 0.3) is 0 Å². The van der Waals surface area contributed by atoms with Gasteiger partial charge in [-0.15, -0.1) is 0 Å². The Labute approximate surface area is 102 Å². The van der Waals surface area contributed by atoms with Gasteiger partial charge in [-0.1, -0.05) is 18.2 Å². The molecule has 0 saturated heterocycles. The SMILES string of the molecule is CNC(Cc1ccccc1S(N)(=O)=O)C1CC1. The molecule has 0 bridgehead atoms. The van der Waals surface area contributed by atoms with Gasteiger partial charge in [-0.05, 0) is 43.9 Å². The van der Waals surface area contributed by atoms with Crippen molar-refractivity contribution in [2.45, 2.75) is 30.2 Å². The number of rotatable bonds is 5. The van der Waals surface area contributed by atoms with Gasteiger partial charge in [-0.3, -0.25) is 0 Å². The Morgan fingerprint density at radius 1 is 1.41 bits per heavy atom. The molecule has 0 spiro atoms. The molecule has 1 aliphatic carbocycles. The molecule has 1 atom stereocenters. The van der Waals surface area contributed by atoms with Crippen LogP contribution in [-0.2, 0) is 16.4 Å². The lowest BCUT2D eigenvalue weighted by Gasteiger charge is -2.17. The Hall–Kier alpha value is -0.910. The fraction of sp³-hybridized carbons (Fsp3) is 0.500. The smallest absolute Gasteiger partial charge is 0.238 e. The minimum atomic E-state index is -3.62. The lowest BCUT2D eigenvalue weighted by molar-refractivity contribution is 0.496. The van der Waals surface area contributed by atoms with Gasteiger partial charge >= 0.3 is 0 Å². The molecule has 94 valence electrons. The number of sulfonamides is 1. The summed E-state index contributed by atoms with van der Waals surface area (Å²) in [5, 5.41) is 8.47. The van der Waals surface area contributed by atoms with Gasteiger partial charge in [0, 0.05) is 6.04 Å². The number of nitrogens with two attached hydrogens (primary N) is 1. The van der Waals surface area contributed by atoms with E-state index in [1.165, 1.54) is 12.8 Å². The Balaban J connectivity index is 2.25. The molecular weight excluding hydrogens is 236 g/mol. The fourth-order valence-electron chi connectivity index (χ4n) is 2.19.